The minimum Gasteiger partial charge on any atom is -0.488 e. The third kappa shape index (κ3) is 6.42. The van der Waals surface area contributed by atoms with Crippen molar-refractivity contribution in [3.8, 4) is 22.6 Å². The molecule has 3 aromatic rings. The van der Waals surface area contributed by atoms with Crippen LogP contribution in [0.2, 0.25) is 0 Å². The first-order valence-corrected chi connectivity index (χ1v) is 13.5. The maximum atomic E-state index is 13.5. The van der Waals surface area contributed by atoms with Gasteiger partial charge in [-0.2, -0.15) is 0 Å². The summed E-state index contributed by atoms with van der Waals surface area (Å²) in [5, 5.41) is 5.99. The van der Waals surface area contributed by atoms with E-state index in [-0.39, 0.29) is 30.4 Å². The number of carbonyl (C=O) groups excluding carboxylic acids is 3. The van der Waals surface area contributed by atoms with Crippen molar-refractivity contribution in [3.63, 3.8) is 0 Å². The van der Waals surface area contributed by atoms with E-state index in [1.807, 2.05) is 63.2 Å². The highest BCUT2D eigenvalue weighted by Gasteiger charge is 2.37. The van der Waals surface area contributed by atoms with Crippen molar-refractivity contribution in [2.45, 2.75) is 45.9 Å². The Kier molecular flexibility index (Phi) is 7.73. The molecular weight excluding hydrogens is 508 g/mol. The number of benzene rings is 2. The molecule has 2 atom stereocenters. The van der Waals surface area contributed by atoms with E-state index in [1.165, 1.54) is 6.20 Å². The molecule has 1 saturated heterocycles. The molecule has 0 spiro atoms. The number of carbonyl (C=O) groups is 3. The maximum Gasteiger partial charge on any atom is 0.258 e. The van der Waals surface area contributed by atoms with E-state index < -0.39 is 11.5 Å². The molecule has 4 heterocycles. The van der Waals surface area contributed by atoms with Crippen LogP contribution in [0.3, 0.4) is 0 Å². The van der Waals surface area contributed by atoms with E-state index in [2.05, 4.69) is 15.6 Å². The molecule has 0 aliphatic carbocycles. The molecule has 9 nitrogen and oxygen atoms in total. The van der Waals surface area contributed by atoms with Gasteiger partial charge in [0.25, 0.3) is 11.8 Å². The zero-order chi connectivity index (χ0) is 28.3. The monoisotopic (exact) mass is 542 g/mol. The molecule has 3 aliphatic rings. The normalized spacial score (nSPS) is 19.8. The van der Waals surface area contributed by atoms with Crippen LogP contribution in [-0.2, 0) is 16.1 Å². The van der Waals surface area contributed by atoms with Crippen molar-refractivity contribution in [3.05, 3.63) is 78.1 Å². The number of pyridine rings is 1. The van der Waals surface area contributed by atoms with Gasteiger partial charge in [0.2, 0.25) is 5.91 Å². The highest BCUT2D eigenvalue weighted by Crippen LogP contribution is 2.26. The summed E-state index contributed by atoms with van der Waals surface area (Å²) < 4.78 is 12.1. The summed E-state index contributed by atoms with van der Waals surface area (Å²) in [5.41, 5.74) is 2.30. The Bertz CT molecular complexity index is 1400. The molecule has 0 radical (unpaired) electrons. The van der Waals surface area contributed by atoms with Gasteiger partial charge < -0.3 is 25.0 Å². The molecule has 2 N–H and O–H groups in total. The summed E-state index contributed by atoms with van der Waals surface area (Å²) in [4.78, 5) is 45.1. The number of hydrogen-bond acceptors (Lipinski definition) is 6. The molecule has 0 unspecified atom stereocenters. The van der Waals surface area contributed by atoms with Crippen molar-refractivity contribution < 1.29 is 23.9 Å². The van der Waals surface area contributed by atoms with E-state index in [1.54, 1.807) is 23.2 Å². The number of amides is 3. The molecule has 40 heavy (non-hydrogen) atoms. The topological polar surface area (TPSA) is 110 Å². The van der Waals surface area contributed by atoms with Gasteiger partial charge in [0.1, 0.15) is 17.6 Å². The molecule has 208 valence electrons. The highest BCUT2D eigenvalue weighted by molar-refractivity contribution is 5.95. The predicted octanol–water partition coefficient (Wildman–Crippen LogP) is 3.58. The number of nitrogens with zero attached hydrogens (tertiary/aromatic N) is 2. The molecule has 1 aromatic heterocycles. The van der Waals surface area contributed by atoms with E-state index >= 15 is 0 Å². The number of rotatable bonds is 0. The maximum absolute atomic E-state index is 13.5. The first-order valence-electron chi connectivity index (χ1n) is 13.5. The lowest BCUT2D eigenvalue weighted by Gasteiger charge is -2.41. The molecule has 6 bridgehead atoms. The fourth-order valence-corrected chi connectivity index (χ4v) is 4.87. The quantitative estimate of drug-likeness (QED) is 0.450. The van der Waals surface area contributed by atoms with Gasteiger partial charge in [0, 0.05) is 49.4 Å². The largest absolute Gasteiger partial charge is 0.488 e. The molecule has 1 fully saturated rings. The van der Waals surface area contributed by atoms with Crippen LogP contribution in [0, 0.1) is 5.41 Å². The first-order chi connectivity index (χ1) is 19.2. The summed E-state index contributed by atoms with van der Waals surface area (Å²) in [6.07, 6.45) is 3.42. The standard InChI is InChI=1S/C31H34N4O5/c1-31(2,3)30(38)35-12-11-27-26(18-35)34-29(37)23-13-22(16-32-17-23)21-5-4-6-25(14-21)39-19-28(36)33-15-20-7-9-24(40-27)10-8-20/h4-10,13-14,16-17,26-27H,11-12,15,18-19H2,1-3H3,(H,33,36)(H,34,37)/t26-,27+/m1/s1. The summed E-state index contributed by atoms with van der Waals surface area (Å²) in [7, 11) is 0. The molecule has 0 saturated carbocycles. The SMILES string of the molecule is CC(C)(C)C(=O)N1CC[C@@H]2Oc3ccc(cc3)CNC(=O)COc3cccc(c3)-c3cncc(c3)C(=O)N[C@@H]2C1. The van der Waals surface area contributed by atoms with Crippen LogP contribution in [-0.4, -0.2) is 59.4 Å². The van der Waals surface area contributed by atoms with Crippen LogP contribution in [0.1, 0.15) is 43.1 Å². The number of ether oxygens (including phenoxy) is 2. The summed E-state index contributed by atoms with van der Waals surface area (Å²) in [6.45, 7) is 6.79. The van der Waals surface area contributed by atoms with E-state index in [0.29, 0.717) is 43.1 Å². The van der Waals surface area contributed by atoms with Gasteiger partial charge in [-0.3, -0.25) is 19.4 Å². The van der Waals surface area contributed by atoms with Crippen LogP contribution in [0.15, 0.2) is 67.0 Å². The number of likely N-dealkylation sites (tertiary alicyclic amines) is 1. The van der Waals surface area contributed by atoms with Gasteiger partial charge in [-0.05, 0) is 41.5 Å². The second-order valence-electron chi connectivity index (χ2n) is 11.2. The van der Waals surface area contributed by atoms with Crippen molar-refractivity contribution in [1.82, 2.24) is 20.5 Å². The lowest BCUT2D eigenvalue weighted by atomic mass is 9.92. The van der Waals surface area contributed by atoms with Crippen molar-refractivity contribution in [1.29, 1.82) is 0 Å². The minimum atomic E-state index is -0.535. The highest BCUT2D eigenvalue weighted by atomic mass is 16.5. The fourth-order valence-electron chi connectivity index (χ4n) is 4.87. The Morgan fingerprint density at radius 2 is 1.75 bits per heavy atom. The summed E-state index contributed by atoms with van der Waals surface area (Å²) in [5.74, 6) is 0.678. The second kappa shape index (κ2) is 11.4. The number of hydrogen-bond donors (Lipinski definition) is 2. The summed E-state index contributed by atoms with van der Waals surface area (Å²) >= 11 is 0. The molecule has 6 rings (SSSR count). The average Bonchev–Trinajstić information content (AvgIpc) is 2.95. The molecule has 3 amide bonds. The average molecular weight is 543 g/mol. The first kappa shape index (κ1) is 27.2. The van der Waals surface area contributed by atoms with Crippen molar-refractivity contribution >= 4 is 17.7 Å². The van der Waals surface area contributed by atoms with Crippen LogP contribution >= 0.6 is 0 Å². The van der Waals surface area contributed by atoms with Gasteiger partial charge in [-0.15, -0.1) is 0 Å². The van der Waals surface area contributed by atoms with Gasteiger partial charge in [-0.1, -0.05) is 45.0 Å². The zero-order valence-electron chi connectivity index (χ0n) is 23.0. The number of aromatic nitrogens is 1. The van der Waals surface area contributed by atoms with E-state index in [9.17, 15) is 14.4 Å². The minimum absolute atomic E-state index is 0.0313. The van der Waals surface area contributed by atoms with Gasteiger partial charge >= 0.3 is 0 Å². The Balaban J connectivity index is 1.47. The Hall–Kier alpha value is -4.40. The lowest BCUT2D eigenvalue weighted by molar-refractivity contribution is -0.142. The molecule has 2 aromatic carbocycles. The van der Waals surface area contributed by atoms with Gasteiger partial charge in [-0.25, -0.2) is 0 Å². The second-order valence-corrected chi connectivity index (χ2v) is 11.2. The Morgan fingerprint density at radius 1 is 0.975 bits per heavy atom. The fraction of sp³-hybridized carbons (Fsp3) is 0.355. The Labute approximate surface area is 233 Å². The van der Waals surface area contributed by atoms with E-state index in [0.717, 1.165) is 16.7 Å². The molecule has 3 aliphatic heterocycles. The lowest BCUT2D eigenvalue weighted by Crippen LogP contribution is -2.59. The van der Waals surface area contributed by atoms with Crippen molar-refractivity contribution in [2.24, 2.45) is 5.41 Å². The van der Waals surface area contributed by atoms with Crippen LogP contribution in [0.4, 0.5) is 0 Å². The van der Waals surface area contributed by atoms with Gasteiger partial charge in [0.05, 0.1) is 11.6 Å². The van der Waals surface area contributed by atoms with Crippen molar-refractivity contribution in [2.75, 3.05) is 19.7 Å². The van der Waals surface area contributed by atoms with Gasteiger partial charge in [0.15, 0.2) is 6.61 Å². The van der Waals surface area contributed by atoms with Crippen LogP contribution in [0.5, 0.6) is 11.5 Å². The Morgan fingerprint density at radius 3 is 2.52 bits per heavy atom. The smallest absolute Gasteiger partial charge is 0.258 e. The predicted molar refractivity (Wildman–Crippen MR) is 150 cm³/mol. The number of fused-ring (bicyclic) bond motifs is 7. The number of nitrogens with one attached hydrogen (secondary N) is 2. The third-order valence-corrected chi connectivity index (χ3v) is 7.03. The molecular formula is C31H34N4O5. The molecule has 9 heteroatoms. The number of piperidine rings is 1. The zero-order valence-corrected chi connectivity index (χ0v) is 23.0. The van der Waals surface area contributed by atoms with Crippen LogP contribution < -0.4 is 20.1 Å². The van der Waals surface area contributed by atoms with E-state index in [4.69, 9.17) is 9.47 Å². The van der Waals surface area contributed by atoms with Crippen LogP contribution in [0.25, 0.3) is 11.1 Å². The third-order valence-electron chi connectivity index (χ3n) is 7.03. The summed E-state index contributed by atoms with van der Waals surface area (Å²) in [6, 6.07) is 16.1.